The number of amides is 1. The van der Waals surface area contributed by atoms with E-state index >= 15 is 0 Å². The van der Waals surface area contributed by atoms with E-state index < -0.39 is 22.2 Å². The van der Waals surface area contributed by atoms with Crippen LogP contribution in [-0.4, -0.2) is 88.4 Å². The Hall–Kier alpha value is -2.66. The summed E-state index contributed by atoms with van der Waals surface area (Å²) in [5.41, 5.74) is 1.65. The average molecular weight is 507 g/mol. The minimum Gasteiger partial charge on any atom is -0.497 e. The number of rotatable bonds is 8. The second-order valence-electron chi connectivity index (χ2n) is 8.84. The first-order valence-electron chi connectivity index (χ1n) is 11.4. The first-order chi connectivity index (χ1) is 16.6. The molecule has 0 saturated heterocycles. The van der Waals surface area contributed by atoms with Gasteiger partial charge in [0.15, 0.2) is 0 Å². The number of hydrogen-bond donors (Lipinski definition) is 1. The van der Waals surface area contributed by atoms with Gasteiger partial charge in [-0.3, -0.25) is 4.79 Å². The summed E-state index contributed by atoms with van der Waals surface area (Å²) in [6.45, 7) is 3.56. The van der Waals surface area contributed by atoms with Crippen molar-refractivity contribution in [2.75, 3.05) is 47.6 Å². The highest BCUT2D eigenvalue weighted by Gasteiger charge is 2.38. The number of methoxy groups -OCH3 is 2. The summed E-state index contributed by atoms with van der Waals surface area (Å²) in [7, 11) is 0.763. The van der Waals surface area contributed by atoms with Gasteiger partial charge in [0.2, 0.25) is 15.9 Å². The predicted octanol–water partition coefficient (Wildman–Crippen LogP) is 2.24. The van der Waals surface area contributed by atoms with Gasteiger partial charge in [-0.15, -0.1) is 0 Å². The van der Waals surface area contributed by atoms with Crippen molar-refractivity contribution < 1.29 is 32.5 Å². The molecule has 1 heterocycles. The molecule has 2 aromatic carbocycles. The Labute approximate surface area is 207 Å². The molecule has 2 aromatic rings. The Balaban J connectivity index is 2.08. The summed E-state index contributed by atoms with van der Waals surface area (Å²) in [6, 6.07) is 11.8. The minimum atomic E-state index is -3.95. The molecular weight excluding hydrogens is 472 g/mol. The number of benzene rings is 2. The molecule has 192 valence electrons. The highest BCUT2D eigenvalue weighted by Crippen LogP contribution is 2.36. The van der Waals surface area contributed by atoms with E-state index in [0.717, 1.165) is 11.1 Å². The second kappa shape index (κ2) is 11.4. The molecule has 3 atom stereocenters. The number of likely N-dealkylation sites (N-methyl/N-ethyl adjacent to an activating group) is 1. The Morgan fingerprint density at radius 1 is 1.20 bits per heavy atom. The van der Waals surface area contributed by atoms with Gasteiger partial charge in [0, 0.05) is 32.7 Å². The lowest BCUT2D eigenvalue weighted by Crippen LogP contribution is -2.50. The predicted molar refractivity (Wildman–Crippen MR) is 132 cm³/mol. The molecule has 0 unspecified atom stereocenters. The summed E-state index contributed by atoms with van der Waals surface area (Å²) >= 11 is 0. The molecule has 0 radical (unpaired) electrons. The van der Waals surface area contributed by atoms with Crippen molar-refractivity contribution in [2.24, 2.45) is 5.92 Å². The third-order valence-corrected chi connectivity index (χ3v) is 8.26. The van der Waals surface area contributed by atoms with E-state index in [1.54, 1.807) is 33.2 Å². The van der Waals surface area contributed by atoms with E-state index in [-0.39, 0.29) is 48.8 Å². The van der Waals surface area contributed by atoms with E-state index in [2.05, 4.69) is 0 Å². The molecule has 1 amide bonds. The number of aliphatic hydroxyl groups excluding tert-OH is 1. The van der Waals surface area contributed by atoms with Crippen LogP contribution >= 0.6 is 0 Å². The van der Waals surface area contributed by atoms with Crippen LogP contribution in [0.1, 0.15) is 13.8 Å². The smallest absolute Gasteiger partial charge is 0.248 e. The van der Waals surface area contributed by atoms with Crippen LogP contribution < -0.4 is 9.47 Å². The fraction of sp³-hybridized carbons (Fsp3) is 0.480. The maximum absolute atomic E-state index is 13.6. The Bertz CT molecular complexity index is 1120. The maximum Gasteiger partial charge on any atom is 0.248 e. The Morgan fingerprint density at radius 2 is 1.86 bits per heavy atom. The van der Waals surface area contributed by atoms with Gasteiger partial charge >= 0.3 is 0 Å². The normalized spacial score (nSPS) is 20.6. The molecule has 9 nitrogen and oxygen atoms in total. The number of carbonyl (C=O) groups excluding carboxylic acids is 1. The fourth-order valence-corrected chi connectivity index (χ4v) is 5.84. The third-order valence-electron chi connectivity index (χ3n) is 6.24. The Morgan fingerprint density at radius 3 is 2.46 bits per heavy atom. The van der Waals surface area contributed by atoms with Gasteiger partial charge in [0.1, 0.15) is 29.1 Å². The molecule has 1 aliphatic heterocycles. The van der Waals surface area contributed by atoms with E-state index in [0.29, 0.717) is 5.75 Å². The zero-order chi connectivity index (χ0) is 25.8. The van der Waals surface area contributed by atoms with Gasteiger partial charge in [-0.1, -0.05) is 25.1 Å². The zero-order valence-electron chi connectivity index (χ0n) is 20.8. The molecule has 0 aromatic heterocycles. The topological polar surface area (TPSA) is 106 Å². The summed E-state index contributed by atoms with van der Waals surface area (Å²) in [6.07, 6.45) is -0.491. The van der Waals surface area contributed by atoms with E-state index in [1.807, 2.05) is 31.2 Å². The van der Waals surface area contributed by atoms with Crippen LogP contribution in [0.15, 0.2) is 47.4 Å². The number of sulfonamides is 1. The monoisotopic (exact) mass is 506 g/mol. The Kier molecular flexibility index (Phi) is 8.76. The summed E-state index contributed by atoms with van der Waals surface area (Å²) in [5.74, 6) is 0.447. The van der Waals surface area contributed by atoms with Gasteiger partial charge in [-0.2, -0.15) is 4.31 Å². The second-order valence-corrected chi connectivity index (χ2v) is 10.7. The first-order valence-corrected chi connectivity index (χ1v) is 12.9. The third kappa shape index (κ3) is 5.95. The summed E-state index contributed by atoms with van der Waals surface area (Å²) in [5, 5.41) is 9.78. The van der Waals surface area contributed by atoms with Gasteiger partial charge in [-0.25, -0.2) is 8.42 Å². The molecule has 10 heteroatoms. The molecular formula is C25H34N2O7S. The molecule has 1 aliphatic rings. The lowest BCUT2D eigenvalue weighted by Gasteiger charge is -2.37. The van der Waals surface area contributed by atoms with Crippen LogP contribution in [0, 0.1) is 5.92 Å². The number of carbonyl (C=O) groups is 1. The van der Waals surface area contributed by atoms with Gasteiger partial charge in [-0.05, 0) is 42.3 Å². The molecule has 0 spiro atoms. The highest BCUT2D eigenvalue weighted by atomic mass is 32.2. The van der Waals surface area contributed by atoms with E-state index in [1.165, 1.54) is 22.4 Å². The van der Waals surface area contributed by atoms with Crippen LogP contribution in [-0.2, 0) is 19.6 Å². The lowest BCUT2D eigenvalue weighted by molar-refractivity contribution is -0.135. The molecule has 35 heavy (non-hydrogen) atoms. The van der Waals surface area contributed by atoms with Crippen LogP contribution in [0.4, 0.5) is 0 Å². The van der Waals surface area contributed by atoms with Crippen LogP contribution in [0.2, 0.25) is 0 Å². The molecule has 0 aliphatic carbocycles. The largest absolute Gasteiger partial charge is 0.497 e. The number of fused-ring (bicyclic) bond motifs is 1. The van der Waals surface area contributed by atoms with Crippen molar-refractivity contribution in [3.8, 4) is 22.6 Å². The van der Waals surface area contributed by atoms with Crippen molar-refractivity contribution in [3.63, 3.8) is 0 Å². The molecule has 0 bridgehead atoms. The maximum atomic E-state index is 13.6. The highest BCUT2D eigenvalue weighted by molar-refractivity contribution is 7.89. The molecule has 3 rings (SSSR count). The number of nitrogens with zero attached hydrogens (tertiary/aromatic N) is 2. The summed E-state index contributed by atoms with van der Waals surface area (Å²) < 4.78 is 45.1. The molecule has 0 saturated carbocycles. The molecule has 0 fully saturated rings. The number of ether oxygens (including phenoxy) is 3. The average Bonchev–Trinajstić information content (AvgIpc) is 2.85. The standard InChI is InChI=1S/C25H34N2O7S/c1-17-13-27(18(2)15-28)35(30,31)24-11-8-20(19-6-9-21(33-5)10-7-19)12-22(24)34-23(17)14-26(3)25(29)16-32-4/h6-12,17-18,23,28H,13-16H2,1-5H3/t17-,18-,23-/m0/s1. The first kappa shape index (κ1) is 26.9. The van der Waals surface area contributed by atoms with Crippen LogP contribution in [0.25, 0.3) is 11.1 Å². The van der Waals surface area contributed by atoms with E-state index in [9.17, 15) is 18.3 Å². The quantitative estimate of drug-likeness (QED) is 0.585. The minimum absolute atomic E-state index is 0.0258. The fourth-order valence-electron chi connectivity index (χ4n) is 4.01. The number of hydrogen-bond acceptors (Lipinski definition) is 7. The van der Waals surface area contributed by atoms with Crippen LogP contribution in [0.5, 0.6) is 11.5 Å². The van der Waals surface area contributed by atoms with E-state index in [4.69, 9.17) is 14.2 Å². The number of aliphatic hydroxyl groups is 1. The lowest BCUT2D eigenvalue weighted by atomic mass is 10.0. The molecule has 1 N–H and O–H groups in total. The van der Waals surface area contributed by atoms with Gasteiger partial charge < -0.3 is 24.2 Å². The van der Waals surface area contributed by atoms with Crippen molar-refractivity contribution in [1.82, 2.24) is 9.21 Å². The SMILES string of the molecule is COCC(=O)N(C)C[C@@H]1Oc2cc(-c3ccc(OC)cc3)ccc2S(=O)(=O)N([C@@H](C)CO)C[C@@H]1C. The van der Waals surface area contributed by atoms with Crippen molar-refractivity contribution >= 4 is 15.9 Å². The van der Waals surface area contributed by atoms with Crippen molar-refractivity contribution in [1.29, 1.82) is 0 Å². The van der Waals surface area contributed by atoms with Gasteiger partial charge in [0.05, 0.1) is 20.3 Å². The zero-order valence-corrected chi connectivity index (χ0v) is 21.6. The van der Waals surface area contributed by atoms with Crippen LogP contribution in [0.3, 0.4) is 0 Å². The van der Waals surface area contributed by atoms with Crippen molar-refractivity contribution in [2.45, 2.75) is 30.9 Å². The van der Waals surface area contributed by atoms with Crippen molar-refractivity contribution in [3.05, 3.63) is 42.5 Å². The van der Waals surface area contributed by atoms with Gasteiger partial charge in [0.25, 0.3) is 0 Å². The summed E-state index contributed by atoms with van der Waals surface area (Å²) in [4.78, 5) is 13.9.